The third-order valence-corrected chi connectivity index (χ3v) is 5.07. The Hall–Kier alpha value is -0.380. The number of halogens is 1. The first-order chi connectivity index (χ1) is 9.95. The molecule has 0 amide bonds. The first-order valence-electron chi connectivity index (χ1n) is 8.16. The Balaban J connectivity index is 2.10. The molecular weight excluding hydrogens is 324 g/mol. The van der Waals surface area contributed by atoms with Crippen LogP contribution in [0.25, 0.3) is 0 Å². The van der Waals surface area contributed by atoms with Crippen LogP contribution in [0, 0.1) is 5.41 Å². The van der Waals surface area contributed by atoms with Gasteiger partial charge in [0.15, 0.2) is 0 Å². The van der Waals surface area contributed by atoms with Crippen LogP contribution in [-0.4, -0.2) is 30.6 Å². The number of nitrogens with zero attached hydrogens (tertiary/aromatic N) is 1. The molecule has 2 nitrogen and oxygen atoms in total. The third kappa shape index (κ3) is 4.54. The number of hydrogen-bond acceptors (Lipinski definition) is 2. The number of aryl methyl sites for hydroxylation is 1. The summed E-state index contributed by atoms with van der Waals surface area (Å²) in [5.74, 6) is 0. The van der Waals surface area contributed by atoms with Crippen LogP contribution >= 0.6 is 15.9 Å². The second-order valence-corrected chi connectivity index (χ2v) is 8.06. The Morgan fingerprint density at radius 1 is 1.33 bits per heavy atom. The van der Waals surface area contributed by atoms with Crippen molar-refractivity contribution in [2.75, 3.05) is 19.6 Å². The second-order valence-electron chi connectivity index (χ2n) is 7.15. The topological polar surface area (TPSA) is 29.3 Å². The fraction of sp³-hybridized carbons (Fsp3) is 0.667. The Labute approximate surface area is 138 Å². The van der Waals surface area contributed by atoms with Crippen LogP contribution in [0.3, 0.4) is 0 Å². The summed E-state index contributed by atoms with van der Waals surface area (Å²) in [6, 6.07) is 7.43. The summed E-state index contributed by atoms with van der Waals surface area (Å²) >= 11 is 3.58. The molecule has 0 heterocycles. The highest BCUT2D eigenvalue weighted by molar-refractivity contribution is 9.10. The van der Waals surface area contributed by atoms with Gasteiger partial charge < -0.3 is 5.73 Å². The van der Waals surface area contributed by atoms with E-state index in [1.807, 2.05) is 0 Å². The molecule has 118 valence electrons. The van der Waals surface area contributed by atoms with Crippen molar-refractivity contribution in [2.24, 2.45) is 11.1 Å². The zero-order valence-corrected chi connectivity index (χ0v) is 15.2. The summed E-state index contributed by atoms with van der Waals surface area (Å²) in [4.78, 5) is 2.68. The van der Waals surface area contributed by atoms with E-state index in [9.17, 15) is 0 Å². The summed E-state index contributed by atoms with van der Waals surface area (Å²) in [6.45, 7) is 9.88. The Bertz CT molecular complexity index is 470. The van der Waals surface area contributed by atoms with Gasteiger partial charge >= 0.3 is 0 Å². The smallest absolute Gasteiger partial charge is 0.0178 e. The molecule has 1 aromatic carbocycles. The summed E-state index contributed by atoms with van der Waals surface area (Å²) in [5, 5.41) is 0. The van der Waals surface area contributed by atoms with E-state index >= 15 is 0 Å². The van der Waals surface area contributed by atoms with Crippen molar-refractivity contribution in [3.8, 4) is 0 Å². The van der Waals surface area contributed by atoms with Gasteiger partial charge in [-0.05, 0) is 67.4 Å². The molecule has 3 heteroatoms. The number of hydrogen-bond donors (Lipinski definition) is 1. The largest absolute Gasteiger partial charge is 0.330 e. The molecule has 1 atom stereocenters. The van der Waals surface area contributed by atoms with Gasteiger partial charge in [-0.15, -0.1) is 0 Å². The standard InChI is InChI=1S/C18H29BrN2/c1-4-9-21(13-18(2,3)12-20)17-8-6-14-10-16(19)7-5-15(14)11-17/h5,7,10,17H,4,6,8-9,11-13,20H2,1-3H3. The first kappa shape index (κ1) is 17.0. The molecule has 0 saturated carbocycles. The molecule has 1 aliphatic carbocycles. The van der Waals surface area contributed by atoms with Crippen LogP contribution in [0.2, 0.25) is 0 Å². The van der Waals surface area contributed by atoms with E-state index in [0.29, 0.717) is 6.04 Å². The van der Waals surface area contributed by atoms with E-state index in [2.05, 4.69) is 59.8 Å². The molecule has 1 aliphatic rings. The van der Waals surface area contributed by atoms with E-state index < -0.39 is 0 Å². The maximum absolute atomic E-state index is 5.94. The lowest BCUT2D eigenvalue weighted by molar-refractivity contribution is 0.122. The Morgan fingerprint density at radius 2 is 2.10 bits per heavy atom. The monoisotopic (exact) mass is 352 g/mol. The normalized spacial score (nSPS) is 18.9. The molecule has 0 aliphatic heterocycles. The fourth-order valence-electron chi connectivity index (χ4n) is 3.31. The van der Waals surface area contributed by atoms with Crippen molar-refractivity contribution in [3.63, 3.8) is 0 Å². The van der Waals surface area contributed by atoms with Gasteiger partial charge in [-0.1, -0.05) is 42.8 Å². The van der Waals surface area contributed by atoms with E-state index in [1.54, 1.807) is 0 Å². The molecule has 2 rings (SSSR count). The van der Waals surface area contributed by atoms with Gasteiger partial charge in [0.25, 0.3) is 0 Å². The van der Waals surface area contributed by atoms with Gasteiger partial charge in [0.2, 0.25) is 0 Å². The van der Waals surface area contributed by atoms with Gasteiger partial charge in [0.05, 0.1) is 0 Å². The molecule has 0 fully saturated rings. The summed E-state index contributed by atoms with van der Waals surface area (Å²) in [7, 11) is 0. The lowest BCUT2D eigenvalue weighted by Crippen LogP contribution is -2.46. The van der Waals surface area contributed by atoms with Crippen molar-refractivity contribution in [1.29, 1.82) is 0 Å². The molecule has 0 spiro atoms. The molecule has 0 bridgehead atoms. The highest BCUT2D eigenvalue weighted by Crippen LogP contribution is 2.29. The summed E-state index contributed by atoms with van der Waals surface area (Å²) < 4.78 is 1.20. The summed E-state index contributed by atoms with van der Waals surface area (Å²) in [6.07, 6.45) is 4.86. The van der Waals surface area contributed by atoms with Crippen LogP contribution in [-0.2, 0) is 12.8 Å². The number of nitrogens with two attached hydrogens (primary N) is 1. The molecular formula is C18H29BrN2. The number of rotatable bonds is 6. The van der Waals surface area contributed by atoms with E-state index in [1.165, 1.54) is 47.8 Å². The van der Waals surface area contributed by atoms with Gasteiger partial charge in [0, 0.05) is 17.1 Å². The van der Waals surface area contributed by atoms with E-state index in [0.717, 1.165) is 13.1 Å². The molecule has 0 saturated heterocycles. The zero-order valence-electron chi connectivity index (χ0n) is 13.7. The maximum atomic E-state index is 5.94. The predicted octanol–water partition coefficient (Wildman–Crippen LogP) is 4.00. The van der Waals surface area contributed by atoms with Crippen LogP contribution in [0.5, 0.6) is 0 Å². The van der Waals surface area contributed by atoms with Crippen LogP contribution in [0.4, 0.5) is 0 Å². The predicted molar refractivity (Wildman–Crippen MR) is 94.7 cm³/mol. The van der Waals surface area contributed by atoms with Crippen molar-refractivity contribution in [3.05, 3.63) is 33.8 Å². The third-order valence-electron chi connectivity index (χ3n) is 4.58. The molecule has 1 aromatic rings. The molecule has 21 heavy (non-hydrogen) atoms. The quantitative estimate of drug-likeness (QED) is 0.838. The molecule has 2 N–H and O–H groups in total. The number of benzene rings is 1. The SMILES string of the molecule is CCCN(CC(C)(C)CN)C1CCc2cc(Br)ccc2C1. The minimum Gasteiger partial charge on any atom is -0.330 e. The van der Waals surface area contributed by atoms with Gasteiger partial charge in [0.1, 0.15) is 0 Å². The van der Waals surface area contributed by atoms with Gasteiger partial charge in [-0.25, -0.2) is 0 Å². The molecule has 0 aromatic heterocycles. The van der Waals surface area contributed by atoms with Crippen LogP contribution in [0.15, 0.2) is 22.7 Å². The van der Waals surface area contributed by atoms with Gasteiger partial charge in [-0.2, -0.15) is 0 Å². The lowest BCUT2D eigenvalue weighted by atomic mass is 9.85. The first-order valence-corrected chi connectivity index (χ1v) is 8.96. The number of fused-ring (bicyclic) bond motifs is 1. The van der Waals surface area contributed by atoms with Crippen LogP contribution < -0.4 is 5.73 Å². The average molecular weight is 353 g/mol. The van der Waals surface area contributed by atoms with Crippen molar-refractivity contribution in [1.82, 2.24) is 4.90 Å². The highest BCUT2D eigenvalue weighted by atomic mass is 79.9. The zero-order chi connectivity index (χ0) is 15.5. The molecule has 1 unspecified atom stereocenters. The minimum atomic E-state index is 0.204. The Morgan fingerprint density at radius 3 is 2.76 bits per heavy atom. The maximum Gasteiger partial charge on any atom is 0.0178 e. The van der Waals surface area contributed by atoms with Crippen molar-refractivity contribution < 1.29 is 0 Å². The van der Waals surface area contributed by atoms with E-state index in [-0.39, 0.29) is 5.41 Å². The molecule has 0 radical (unpaired) electrons. The minimum absolute atomic E-state index is 0.204. The second kappa shape index (κ2) is 7.26. The van der Waals surface area contributed by atoms with E-state index in [4.69, 9.17) is 5.73 Å². The lowest BCUT2D eigenvalue weighted by Gasteiger charge is -2.39. The van der Waals surface area contributed by atoms with Crippen LogP contribution in [0.1, 0.15) is 44.7 Å². The van der Waals surface area contributed by atoms with Crippen molar-refractivity contribution in [2.45, 2.75) is 52.5 Å². The average Bonchev–Trinajstić information content (AvgIpc) is 2.46. The Kier molecular flexibility index (Phi) is 5.87. The van der Waals surface area contributed by atoms with Gasteiger partial charge in [-0.3, -0.25) is 4.90 Å². The fourth-order valence-corrected chi connectivity index (χ4v) is 3.72. The summed E-state index contributed by atoms with van der Waals surface area (Å²) in [5.41, 5.74) is 9.20. The highest BCUT2D eigenvalue weighted by Gasteiger charge is 2.28. The van der Waals surface area contributed by atoms with Crippen molar-refractivity contribution >= 4 is 15.9 Å².